The van der Waals surface area contributed by atoms with Crippen LogP contribution in [0.1, 0.15) is 53.1 Å². The van der Waals surface area contributed by atoms with Gasteiger partial charge in [-0.15, -0.1) is 11.3 Å². The van der Waals surface area contributed by atoms with E-state index in [1.165, 1.54) is 4.90 Å². The Morgan fingerprint density at radius 3 is 2.38 bits per heavy atom. The number of likely N-dealkylation sites (tertiary alicyclic amines) is 1. The Bertz CT molecular complexity index is 2280. The first kappa shape index (κ1) is 37.5. The van der Waals surface area contributed by atoms with Crippen LogP contribution in [-0.4, -0.2) is 50.8 Å². The molecule has 0 saturated carbocycles. The molecule has 3 heterocycles. The highest BCUT2D eigenvalue weighted by atomic mass is 32.2. The molecule has 12 heteroatoms. The number of fused-ring (bicyclic) bond motifs is 1. The third-order valence-electron chi connectivity index (χ3n) is 9.87. The number of rotatable bonds is 12. The van der Waals surface area contributed by atoms with Crippen molar-refractivity contribution in [1.29, 1.82) is 0 Å². The molecule has 0 aliphatic carbocycles. The molecular formula is C44H39N3O7S2. The molecule has 4 atom stereocenters. The van der Waals surface area contributed by atoms with Crippen LogP contribution in [-0.2, 0) is 43.6 Å². The molecule has 2 aliphatic heterocycles. The smallest absolute Gasteiger partial charge is 0.408 e. The average Bonchev–Trinajstić information content (AvgIpc) is 3.78. The van der Waals surface area contributed by atoms with E-state index >= 15 is 0 Å². The van der Waals surface area contributed by atoms with Crippen LogP contribution >= 0.6 is 23.1 Å². The van der Waals surface area contributed by atoms with Crippen molar-refractivity contribution >= 4 is 51.2 Å². The van der Waals surface area contributed by atoms with Crippen molar-refractivity contribution in [1.82, 2.24) is 15.2 Å². The number of benzene rings is 5. The van der Waals surface area contributed by atoms with Gasteiger partial charge in [-0.05, 0) is 45.5 Å². The van der Waals surface area contributed by atoms with Crippen LogP contribution in [0.4, 0.5) is 4.79 Å². The van der Waals surface area contributed by atoms with E-state index in [2.05, 4.69) is 11.4 Å². The van der Waals surface area contributed by atoms with Gasteiger partial charge in [0.25, 0.3) is 5.91 Å². The monoisotopic (exact) mass is 785 g/mol. The first-order valence-electron chi connectivity index (χ1n) is 18.4. The summed E-state index contributed by atoms with van der Waals surface area (Å²) >= 11 is 3.36. The quantitative estimate of drug-likeness (QED) is 0.0930. The molecule has 56 heavy (non-hydrogen) atoms. The number of imide groups is 1. The molecule has 1 unspecified atom stereocenters. The fourth-order valence-electron chi connectivity index (χ4n) is 6.90. The van der Waals surface area contributed by atoms with Crippen LogP contribution in [0.15, 0.2) is 132 Å². The van der Waals surface area contributed by atoms with Gasteiger partial charge in [-0.2, -0.15) is 0 Å². The van der Waals surface area contributed by atoms with Gasteiger partial charge < -0.3 is 24.6 Å². The molecule has 0 bridgehead atoms. The third-order valence-corrected chi connectivity index (χ3v) is 12.2. The summed E-state index contributed by atoms with van der Waals surface area (Å²) in [5, 5.41) is 12.2. The second-order valence-electron chi connectivity index (χ2n) is 13.7. The Kier molecular flexibility index (Phi) is 11.5. The van der Waals surface area contributed by atoms with Gasteiger partial charge in [-0.1, -0.05) is 127 Å². The van der Waals surface area contributed by atoms with Crippen molar-refractivity contribution in [3.63, 3.8) is 0 Å². The summed E-state index contributed by atoms with van der Waals surface area (Å²) < 4.78 is 20.6. The van der Waals surface area contributed by atoms with E-state index in [1.54, 1.807) is 23.1 Å². The fraction of sp³-hybridized carbons (Fsp3) is 0.227. The number of alkyl carbamates (subject to hydrolysis) is 1. The van der Waals surface area contributed by atoms with Gasteiger partial charge in [0.05, 0.1) is 42.0 Å². The van der Waals surface area contributed by atoms with E-state index in [1.807, 2.05) is 121 Å². The first-order chi connectivity index (χ1) is 27.4. The van der Waals surface area contributed by atoms with Crippen molar-refractivity contribution in [3.8, 4) is 11.1 Å². The number of thioether (sulfide) groups is 1. The summed E-state index contributed by atoms with van der Waals surface area (Å²) in [6, 6.07) is 39.8. The number of hydrogen-bond acceptors (Lipinski definition) is 10. The molecule has 1 aromatic heterocycles. The van der Waals surface area contributed by atoms with E-state index in [-0.39, 0.29) is 44.3 Å². The highest BCUT2D eigenvalue weighted by molar-refractivity contribution is 8.01. The predicted molar refractivity (Wildman–Crippen MR) is 214 cm³/mol. The van der Waals surface area contributed by atoms with Crippen LogP contribution in [0.3, 0.4) is 0 Å². The Hall–Kier alpha value is -5.37. The molecule has 3 amide bonds. The lowest BCUT2D eigenvalue weighted by Crippen LogP contribution is -2.41. The van der Waals surface area contributed by atoms with E-state index in [4.69, 9.17) is 19.2 Å². The highest BCUT2D eigenvalue weighted by Crippen LogP contribution is 2.41. The summed E-state index contributed by atoms with van der Waals surface area (Å²) in [4.78, 5) is 44.9. The minimum absolute atomic E-state index is 0.0250. The van der Waals surface area contributed by atoms with Gasteiger partial charge in [0.1, 0.15) is 12.6 Å². The maximum atomic E-state index is 13.3. The minimum Gasteiger partial charge on any atom is -0.445 e. The van der Waals surface area contributed by atoms with Gasteiger partial charge in [0.2, 0.25) is 5.91 Å². The number of amides is 3. The molecule has 6 aromatic rings. The maximum absolute atomic E-state index is 13.3. The molecule has 2 aliphatic rings. The zero-order valence-corrected chi connectivity index (χ0v) is 31.9. The van der Waals surface area contributed by atoms with Crippen LogP contribution in [0, 0.1) is 0 Å². The van der Waals surface area contributed by atoms with Gasteiger partial charge >= 0.3 is 6.09 Å². The van der Waals surface area contributed by atoms with Crippen molar-refractivity contribution < 1.29 is 33.7 Å². The maximum Gasteiger partial charge on any atom is 0.408 e. The molecule has 0 radical (unpaired) electrons. The van der Waals surface area contributed by atoms with Crippen molar-refractivity contribution in [3.05, 3.63) is 155 Å². The number of ether oxygens (including phenoxy) is 3. The van der Waals surface area contributed by atoms with Gasteiger partial charge in [-0.3, -0.25) is 14.5 Å². The van der Waals surface area contributed by atoms with Crippen molar-refractivity contribution in [2.75, 3.05) is 5.75 Å². The van der Waals surface area contributed by atoms with E-state index in [0.717, 1.165) is 53.5 Å². The van der Waals surface area contributed by atoms with Gasteiger partial charge in [-0.25, -0.2) is 9.78 Å². The fourth-order valence-corrected chi connectivity index (χ4v) is 9.01. The lowest BCUT2D eigenvalue weighted by molar-refractivity contribution is -0.245. The normalized spacial score (nSPS) is 19.7. The number of hydrogen-bond donors (Lipinski definition) is 2. The Morgan fingerprint density at radius 1 is 0.857 bits per heavy atom. The molecule has 2 fully saturated rings. The first-order valence-corrected chi connectivity index (χ1v) is 20.2. The number of nitrogens with zero attached hydrogens (tertiary/aromatic N) is 2. The minimum atomic E-state index is -0.993. The largest absolute Gasteiger partial charge is 0.445 e. The van der Waals surface area contributed by atoms with Crippen molar-refractivity contribution in [2.45, 2.75) is 61.5 Å². The van der Waals surface area contributed by atoms with E-state index in [0.29, 0.717) is 12.2 Å². The standard InChI is InChI=1S/C44H39N3O7S2/c48-25-28-14-16-31(17-15-28)38-22-34(27-55-44-46-36-12-6-7-13-39(36)56-44)53-42(54-38)32-20-18-30(19-21-32)35-11-5-4-10-33(35)24-47-40(49)23-37(41(47)50)45-43(51)52-26-29-8-2-1-3-9-29/h1-21,34,37-38,42,48H,22-27H2,(H,45,51)/t34-,37?,38+,42+/m1/s1. The van der Waals surface area contributed by atoms with E-state index in [9.17, 15) is 19.5 Å². The molecule has 8 rings (SSSR count). The summed E-state index contributed by atoms with van der Waals surface area (Å²) in [6.07, 6.45) is -1.19. The lowest BCUT2D eigenvalue weighted by Gasteiger charge is -2.36. The number of para-hydroxylation sites is 1. The highest BCUT2D eigenvalue weighted by Gasteiger charge is 2.40. The third kappa shape index (κ3) is 8.70. The molecule has 0 spiro atoms. The summed E-state index contributed by atoms with van der Waals surface area (Å²) in [5.74, 6) is -0.133. The van der Waals surface area contributed by atoms with Crippen molar-refractivity contribution in [2.24, 2.45) is 0 Å². The van der Waals surface area contributed by atoms with Crippen LogP contribution in [0.2, 0.25) is 0 Å². The van der Waals surface area contributed by atoms with Crippen LogP contribution in [0.5, 0.6) is 0 Å². The molecule has 2 N–H and O–H groups in total. The molecular weight excluding hydrogens is 747 g/mol. The molecule has 284 valence electrons. The van der Waals surface area contributed by atoms with Gasteiger partial charge in [0.15, 0.2) is 10.6 Å². The number of aliphatic hydroxyl groups is 1. The number of aliphatic hydroxyl groups excluding tert-OH is 1. The van der Waals surface area contributed by atoms with Gasteiger partial charge in [0, 0.05) is 17.7 Å². The molecule has 10 nitrogen and oxygen atoms in total. The number of nitrogens with one attached hydrogen (secondary N) is 1. The van der Waals surface area contributed by atoms with E-state index < -0.39 is 24.3 Å². The van der Waals surface area contributed by atoms with Crippen LogP contribution < -0.4 is 5.32 Å². The average molecular weight is 786 g/mol. The SMILES string of the molecule is O=C(NC1CC(=O)N(Cc2ccccc2-c2ccc([C@H]3O[C@@H](CSc4nc5ccccc5s4)C[C@@H](c4ccc(CO)cc4)O3)cc2)C1=O)OCc1ccccc1. The zero-order chi connectivity index (χ0) is 38.4. The second kappa shape index (κ2) is 17.2. The lowest BCUT2D eigenvalue weighted by atomic mass is 9.97. The Morgan fingerprint density at radius 2 is 1.59 bits per heavy atom. The Balaban J connectivity index is 0.951. The number of thiazole rings is 1. The zero-order valence-electron chi connectivity index (χ0n) is 30.3. The number of aromatic nitrogens is 1. The second-order valence-corrected chi connectivity index (χ2v) is 16.0. The summed E-state index contributed by atoms with van der Waals surface area (Å²) in [5.41, 5.74) is 7.08. The number of carbonyl (C=O) groups is 3. The Labute approximate surface area is 332 Å². The molecule has 5 aromatic carbocycles. The predicted octanol–water partition coefficient (Wildman–Crippen LogP) is 8.35. The molecule has 2 saturated heterocycles. The number of carbonyl (C=O) groups excluding carboxylic acids is 3. The van der Waals surface area contributed by atoms with Crippen LogP contribution in [0.25, 0.3) is 21.3 Å². The summed E-state index contributed by atoms with van der Waals surface area (Å²) in [6.45, 7) is 0.0934. The summed E-state index contributed by atoms with van der Waals surface area (Å²) in [7, 11) is 0. The topological polar surface area (TPSA) is 127 Å².